The van der Waals surface area contributed by atoms with Crippen LogP contribution >= 0.6 is 12.2 Å². The van der Waals surface area contributed by atoms with Crippen LogP contribution in [0.1, 0.15) is 5.56 Å². The third-order valence-corrected chi connectivity index (χ3v) is 2.96. The van der Waals surface area contributed by atoms with E-state index >= 15 is 0 Å². The SMILES string of the molecule is O=C1NC(=S)NC(=O)C1=Cc1cc([N+](=O)[O-])cc([N+](=O)[O-])c1O. The highest BCUT2D eigenvalue weighted by molar-refractivity contribution is 7.80. The first-order valence-electron chi connectivity index (χ1n) is 5.75. The number of aromatic hydroxyl groups is 1. The number of nitro benzene ring substituents is 2. The number of carbonyl (C=O) groups excluding carboxylic acids is 2. The average molecular weight is 338 g/mol. The number of hydrogen-bond donors (Lipinski definition) is 3. The van der Waals surface area contributed by atoms with Gasteiger partial charge in [-0.3, -0.25) is 40.5 Å². The monoisotopic (exact) mass is 338 g/mol. The van der Waals surface area contributed by atoms with Crippen LogP contribution in [0.15, 0.2) is 17.7 Å². The number of nitrogens with zero attached hydrogens (tertiary/aromatic N) is 2. The van der Waals surface area contributed by atoms with Gasteiger partial charge in [-0.1, -0.05) is 0 Å². The molecule has 0 radical (unpaired) electrons. The van der Waals surface area contributed by atoms with Gasteiger partial charge in [0.25, 0.3) is 17.5 Å². The van der Waals surface area contributed by atoms with Crippen LogP contribution in [0.5, 0.6) is 5.75 Å². The highest BCUT2D eigenvalue weighted by Gasteiger charge is 2.28. The lowest BCUT2D eigenvalue weighted by Crippen LogP contribution is -2.51. The molecule has 23 heavy (non-hydrogen) atoms. The molecule has 1 saturated heterocycles. The summed E-state index contributed by atoms with van der Waals surface area (Å²) >= 11 is 4.59. The zero-order valence-corrected chi connectivity index (χ0v) is 11.7. The predicted molar refractivity (Wildman–Crippen MR) is 78.3 cm³/mol. The van der Waals surface area contributed by atoms with Gasteiger partial charge in [0.15, 0.2) is 5.11 Å². The fourth-order valence-corrected chi connectivity index (χ4v) is 1.93. The molecule has 0 saturated carbocycles. The van der Waals surface area contributed by atoms with E-state index in [1.807, 2.05) is 0 Å². The molecular formula is C11H6N4O7S. The van der Waals surface area contributed by atoms with Crippen molar-refractivity contribution >= 4 is 46.6 Å². The highest BCUT2D eigenvalue weighted by atomic mass is 32.1. The van der Waals surface area contributed by atoms with E-state index < -0.39 is 49.9 Å². The number of amides is 2. The van der Waals surface area contributed by atoms with Gasteiger partial charge in [0.05, 0.1) is 15.9 Å². The van der Waals surface area contributed by atoms with Crippen LogP contribution in [0.4, 0.5) is 11.4 Å². The van der Waals surface area contributed by atoms with E-state index in [0.29, 0.717) is 6.07 Å². The molecule has 1 aromatic rings. The molecule has 0 aliphatic carbocycles. The van der Waals surface area contributed by atoms with Crippen molar-refractivity contribution in [2.45, 2.75) is 0 Å². The molecule has 0 atom stereocenters. The van der Waals surface area contributed by atoms with E-state index in [9.17, 15) is 34.9 Å². The van der Waals surface area contributed by atoms with E-state index in [0.717, 1.165) is 12.1 Å². The summed E-state index contributed by atoms with van der Waals surface area (Å²) in [5.74, 6) is -2.73. The van der Waals surface area contributed by atoms with Crippen LogP contribution in [0.2, 0.25) is 0 Å². The van der Waals surface area contributed by atoms with Gasteiger partial charge in [0.1, 0.15) is 5.57 Å². The van der Waals surface area contributed by atoms with E-state index in [2.05, 4.69) is 22.9 Å². The van der Waals surface area contributed by atoms with E-state index in [4.69, 9.17) is 0 Å². The minimum atomic E-state index is -1.03. The second kappa shape index (κ2) is 5.76. The van der Waals surface area contributed by atoms with E-state index in [1.54, 1.807) is 0 Å². The number of rotatable bonds is 3. The number of non-ortho nitro benzene ring substituents is 1. The van der Waals surface area contributed by atoms with Crippen LogP contribution in [0.25, 0.3) is 6.08 Å². The van der Waals surface area contributed by atoms with Crippen molar-refractivity contribution in [3.05, 3.63) is 43.5 Å². The van der Waals surface area contributed by atoms with Gasteiger partial charge in [0.2, 0.25) is 5.75 Å². The second-order valence-electron chi connectivity index (χ2n) is 4.21. The number of thiocarbonyl (C=S) groups is 1. The van der Waals surface area contributed by atoms with Crippen molar-refractivity contribution in [3.63, 3.8) is 0 Å². The first-order chi connectivity index (χ1) is 10.7. The van der Waals surface area contributed by atoms with Crippen molar-refractivity contribution in [3.8, 4) is 5.75 Å². The molecule has 2 rings (SSSR count). The molecule has 0 bridgehead atoms. The van der Waals surface area contributed by atoms with Crippen molar-refractivity contribution in [1.82, 2.24) is 10.6 Å². The maximum atomic E-state index is 11.7. The Morgan fingerprint density at radius 1 is 1.09 bits per heavy atom. The first-order valence-corrected chi connectivity index (χ1v) is 6.15. The number of carbonyl (C=O) groups is 2. The van der Waals surface area contributed by atoms with Crippen LogP contribution in [-0.4, -0.2) is 31.9 Å². The van der Waals surface area contributed by atoms with Crippen LogP contribution < -0.4 is 10.6 Å². The van der Waals surface area contributed by atoms with Crippen LogP contribution in [0, 0.1) is 20.2 Å². The smallest absolute Gasteiger partial charge is 0.318 e. The second-order valence-corrected chi connectivity index (χ2v) is 4.62. The molecule has 1 aliphatic rings. The van der Waals surface area contributed by atoms with Gasteiger partial charge >= 0.3 is 5.69 Å². The highest BCUT2D eigenvalue weighted by Crippen LogP contribution is 2.35. The van der Waals surface area contributed by atoms with Gasteiger partial charge in [-0.15, -0.1) is 0 Å². The summed E-state index contributed by atoms with van der Waals surface area (Å²) in [4.78, 5) is 43.1. The van der Waals surface area contributed by atoms with Crippen LogP contribution in [-0.2, 0) is 9.59 Å². The molecule has 1 aliphatic heterocycles. The molecule has 1 aromatic carbocycles. The number of benzene rings is 1. The van der Waals surface area contributed by atoms with Crippen molar-refractivity contribution < 1.29 is 24.5 Å². The standard InChI is InChI=1S/C11H6N4O7S/c16-8-4(1-5(14(19)20)3-7(8)15(21)22)2-6-9(17)12-11(23)13-10(6)18/h1-3,16H,(H2,12,13,17,18,23). The van der Waals surface area contributed by atoms with Gasteiger partial charge < -0.3 is 5.11 Å². The molecule has 12 heteroatoms. The first kappa shape index (κ1) is 16.0. The molecule has 118 valence electrons. The van der Waals surface area contributed by atoms with Crippen LogP contribution in [0.3, 0.4) is 0 Å². The van der Waals surface area contributed by atoms with Crippen molar-refractivity contribution in [2.24, 2.45) is 0 Å². The van der Waals surface area contributed by atoms with E-state index in [-0.39, 0.29) is 5.11 Å². The van der Waals surface area contributed by atoms with Gasteiger partial charge in [-0.2, -0.15) is 0 Å². The lowest BCUT2D eigenvalue weighted by atomic mass is 10.1. The molecule has 0 spiro atoms. The maximum absolute atomic E-state index is 11.7. The van der Waals surface area contributed by atoms with Crippen molar-refractivity contribution in [1.29, 1.82) is 0 Å². The number of nitro groups is 2. The lowest BCUT2D eigenvalue weighted by molar-refractivity contribution is -0.394. The summed E-state index contributed by atoms with van der Waals surface area (Å²) in [6, 6.07) is 1.36. The number of phenolic OH excluding ortho intramolecular Hbond substituents is 1. The Kier molecular flexibility index (Phi) is 4.00. The quantitative estimate of drug-likeness (QED) is 0.230. The molecule has 0 unspecified atom stereocenters. The normalized spacial score (nSPS) is 14.1. The fraction of sp³-hybridized carbons (Fsp3) is 0. The molecule has 11 nitrogen and oxygen atoms in total. The average Bonchev–Trinajstić information content (AvgIpc) is 2.43. The Morgan fingerprint density at radius 2 is 1.65 bits per heavy atom. The summed E-state index contributed by atoms with van der Waals surface area (Å²) in [5, 5.41) is 35.5. The number of hydrogen-bond acceptors (Lipinski definition) is 8. The van der Waals surface area contributed by atoms with Gasteiger partial charge in [0, 0.05) is 11.6 Å². The Bertz CT molecular complexity index is 795. The van der Waals surface area contributed by atoms with Crippen molar-refractivity contribution in [2.75, 3.05) is 0 Å². The van der Waals surface area contributed by atoms with Gasteiger partial charge in [-0.05, 0) is 18.3 Å². The summed E-state index contributed by atoms with van der Waals surface area (Å²) in [7, 11) is 0. The minimum absolute atomic E-state index is 0.230. The lowest BCUT2D eigenvalue weighted by Gasteiger charge is -2.16. The largest absolute Gasteiger partial charge is 0.502 e. The third kappa shape index (κ3) is 3.11. The Balaban J connectivity index is 2.63. The summed E-state index contributed by atoms with van der Waals surface area (Å²) < 4.78 is 0. The zero-order valence-electron chi connectivity index (χ0n) is 10.9. The fourth-order valence-electron chi connectivity index (χ4n) is 1.74. The Labute approximate surface area is 131 Å². The number of nitrogens with one attached hydrogen (secondary N) is 2. The number of phenols is 1. The minimum Gasteiger partial charge on any atom is -0.502 e. The molecule has 2 amide bonds. The predicted octanol–water partition coefficient (Wildman–Crippen LogP) is 0.123. The third-order valence-electron chi connectivity index (χ3n) is 2.75. The molecule has 0 aromatic heterocycles. The zero-order chi connectivity index (χ0) is 17.3. The Morgan fingerprint density at radius 3 is 2.13 bits per heavy atom. The molecule has 1 fully saturated rings. The maximum Gasteiger partial charge on any atom is 0.318 e. The molecule has 3 N–H and O–H groups in total. The summed E-state index contributed by atoms with van der Waals surface area (Å²) in [5.41, 5.74) is -2.57. The Hall–Kier alpha value is -3.41. The molecule has 1 heterocycles. The molecular weight excluding hydrogens is 332 g/mol. The van der Waals surface area contributed by atoms with E-state index in [1.165, 1.54) is 0 Å². The van der Waals surface area contributed by atoms with Gasteiger partial charge in [-0.25, -0.2) is 0 Å². The summed E-state index contributed by atoms with van der Waals surface area (Å²) in [6.07, 6.45) is 0.793. The topological polar surface area (TPSA) is 165 Å². The summed E-state index contributed by atoms with van der Waals surface area (Å²) in [6.45, 7) is 0.